The molecule has 1 saturated carbocycles. The largest absolute Gasteiger partial charge is 0.352 e. The van der Waals surface area contributed by atoms with Crippen LogP contribution >= 0.6 is 0 Å². The van der Waals surface area contributed by atoms with Crippen molar-refractivity contribution in [2.24, 2.45) is 11.8 Å². The summed E-state index contributed by atoms with van der Waals surface area (Å²) in [5.74, 6) is 1.56. The second kappa shape index (κ2) is 8.84. The standard InChI is InChI=1S/C21H28N2O2/c24-20(11-10-17-6-2-1-3-7-17)22-14-12-21(25)23-15-13-18-8-4-5-9-19(18)16-23/h1-3,6-7,10-11,18-19H,4-5,8-9,12-16H2,(H,22,24)/b11-10+. The van der Waals surface area contributed by atoms with Gasteiger partial charge in [0.1, 0.15) is 0 Å². The molecule has 1 N–H and O–H groups in total. The number of hydrogen-bond donors (Lipinski definition) is 1. The third kappa shape index (κ3) is 5.18. The second-order valence-corrected chi connectivity index (χ2v) is 7.22. The van der Waals surface area contributed by atoms with E-state index in [9.17, 15) is 9.59 Å². The van der Waals surface area contributed by atoms with Gasteiger partial charge in [-0.15, -0.1) is 0 Å². The van der Waals surface area contributed by atoms with E-state index in [0.29, 0.717) is 18.9 Å². The molecule has 25 heavy (non-hydrogen) atoms. The molecule has 2 atom stereocenters. The highest BCUT2D eigenvalue weighted by molar-refractivity contribution is 5.92. The van der Waals surface area contributed by atoms with Crippen molar-refractivity contribution in [3.63, 3.8) is 0 Å². The lowest BCUT2D eigenvalue weighted by Crippen LogP contribution is -2.45. The number of rotatable bonds is 5. The molecule has 1 aliphatic heterocycles. The van der Waals surface area contributed by atoms with Crippen molar-refractivity contribution in [3.8, 4) is 0 Å². The van der Waals surface area contributed by atoms with E-state index in [1.807, 2.05) is 35.2 Å². The van der Waals surface area contributed by atoms with E-state index in [2.05, 4.69) is 5.32 Å². The van der Waals surface area contributed by atoms with Gasteiger partial charge in [0.15, 0.2) is 0 Å². The molecule has 3 rings (SSSR count). The first kappa shape index (κ1) is 17.7. The molecule has 2 amide bonds. The molecular formula is C21H28N2O2. The fourth-order valence-electron chi connectivity index (χ4n) is 4.07. The average Bonchev–Trinajstić information content (AvgIpc) is 2.66. The summed E-state index contributed by atoms with van der Waals surface area (Å²) in [6.45, 7) is 2.22. The second-order valence-electron chi connectivity index (χ2n) is 7.22. The van der Waals surface area contributed by atoms with Crippen molar-refractivity contribution in [1.29, 1.82) is 0 Å². The van der Waals surface area contributed by atoms with Crippen molar-refractivity contribution in [2.75, 3.05) is 19.6 Å². The summed E-state index contributed by atoms with van der Waals surface area (Å²) in [6, 6.07) is 9.71. The Morgan fingerprint density at radius 2 is 1.84 bits per heavy atom. The molecule has 2 fully saturated rings. The van der Waals surface area contributed by atoms with Crippen LogP contribution in [0.15, 0.2) is 36.4 Å². The lowest BCUT2D eigenvalue weighted by Gasteiger charge is -2.41. The number of carbonyl (C=O) groups excluding carboxylic acids is 2. The van der Waals surface area contributed by atoms with Gasteiger partial charge in [0.2, 0.25) is 11.8 Å². The molecule has 1 aromatic carbocycles. The van der Waals surface area contributed by atoms with E-state index in [4.69, 9.17) is 0 Å². The molecular weight excluding hydrogens is 312 g/mol. The molecule has 1 saturated heterocycles. The van der Waals surface area contributed by atoms with Gasteiger partial charge < -0.3 is 10.2 Å². The van der Waals surface area contributed by atoms with Gasteiger partial charge in [-0.05, 0) is 36.3 Å². The molecule has 1 heterocycles. The number of carbonyl (C=O) groups is 2. The van der Waals surface area contributed by atoms with Crippen LogP contribution in [0.5, 0.6) is 0 Å². The smallest absolute Gasteiger partial charge is 0.244 e. The molecule has 4 nitrogen and oxygen atoms in total. The first-order valence-electron chi connectivity index (χ1n) is 9.51. The van der Waals surface area contributed by atoms with Crippen molar-refractivity contribution in [2.45, 2.75) is 38.5 Å². The molecule has 1 aliphatic carbocycles. The summed E-state index contributed by atoms with van der Waals surface area (Å²) in [4.78, 5) is 26.2. The lowest BCUT2D eigenvalue weighted by atomic mass is 9.75. The summed E-state index contributed by atoms with van der Waals surface area (Å²) < 4.78 is 0. The third-order valence-electron chi connectivity index (χ3n) is 5.51. The lowest BCUT2D eigenvalue weighted by molar-refractivity contribution is -0.134. The minimum Gasteiger partial charge on any atom is -0.352 e. The Kier molecular flexibility index (Phi) is 6.26. The summed E-state index contributed by atoms with van der Waals surface area (Å²) in [5, 5.41) is 2.81. The number of benzene rings is 1. The van der Waals surface area contributed by atoms with Crippen LogP contribution in [-0.2, 0) is 9.59 Å². The van der Waals surface area contributed by atoms with Gasteiger partial charge in [0.25, 0.3) is 0 Å². The van der Waals surface area contributed by atoms with E-state index >= 15 is 0 Å². The van der Waals surface area contributed by atoms with Crippen LogP contribution < -0.4 is 5.32 Å². The van der Waals surface area contributed by atoms with Crippen molar-refractivity contribution in [1.82, 2.24) is 10.2 Å². The highest BCUT2D eigenvalue weighted by atomic mass is 16.2. The summed E-state index contributed by atoms with van der Waals surface area (Å²) in [7, 11) is 0. The summed E-state index contributed by atoms with van der Waals surface area (Å²) in [5.41, 5.74) is 0.990. The molecule has 134 valence electrons. The van der Waals surface area contributed by atoms with E-state index in [1.165, 1.54) is 31.8 Å². The van der Waals surface area contributed by atoms with Crippen LogP contribution in [0.1, 0.15) is 44.1 Å². The van der Waals surface area contributed by atoms with Gasteiger partial charge in [-0.2, -0.15) is 0 Å². The van der Waals surface area contributed by atoms with Gasteiger partial charge in [0, 0.05) is 32.1 Å². The molecule has 0 spiro atoms. The minimum absolute atomic E-state index is 0.150. The normalized spacial score (nSPS) is 23.3. The Hall–Kier alpha value is -2.10. The SMILES string of the molecule is O=C(/C=C/c1ccccc1)NCCC(=O)N1CCC2CCCCC2C1. The number of nitrogens with one attached hydrogen (secondary N) is 1. The number of piperidine rings is 1. The maximum absolute atomic E-state index is 12.4. The zero-order valence-corrected chi connectivity index (χ0v) is 14.8. The average molecular weight is 340 g/mol. The van der Waals surface area contributed by atoms with Crippen molar-refractivity contribution < 1.29 is 9.59 Å². The number of fused-ring (bicyclic) bond motifs is 1. The Morgan fingerprint density at radius 1 is 1.08 bits per heavy atom. The minimum atomic E-state index is -0.150. The molecule has 4 heteroatoms. The molecule has 1 aromatic rings. The maximum atomic E-state index is 12.4. The number of nitrogens with zero attached hydrogens (tertiary/aromatic N) is 1. The van der Waals surface area contributed by atoms with Crippen LogP contribution in [0.3, 0.4) is 0 Å². The summed E-state index contributed by atoms with van der Waals surface area (Å²) >= 11 is 0. The number of likely N-dealkylation sites (tertiary alicyclic amines) is 1. The highest BCUT2D eigenvalue weighted by Crippen LogP contribution is 2.36. The van der Waals surface area contributed by atoms with E-state index < -0.39 is 0 Å². The first-order chi connectivity index (χ1) is 12.2. The number of amides is 2. The summed E-state index contributed by atoms with van der Waals surface area (Å²) in [6.07, 6.45) is 10.1. The molecule has 2 unspecified atom stereocenters. The zero-order chi connectivity index (χ0) is 17.5. The van der Waals surface area contributed by atoms with Crippen molar-refractivity contribution in [3.05, 3.63) is 42.0 Å². The Balaban J connectivity index is 1.37. The van der Waals surface area contributed by atoms with Gasteiger partial charge in [-0.1, -0.05) is 49.6 Å². The van der Waals surface area contributed by atoms with Gasteiger partial charge in [0.05, 0.1) is 0 Å². The molecule has 0 aromatic heterocycles. The maximum Gasteiger partial charge on any atom is 0.244 e. The molecule has 0 radical (unpaired) electrons. The van der Waals surface area contributed by atoms with Crippen LogP contribution in [-0.4, -0.2) is 36.3 Å². The Labute approximate surface area is 150 Å². The van der Waals surface area contributed by atoms with Crippen LogP contribution in [0.4, 0.5) is 0 Å². The Bertz CT molecular complexity index is 612. The number of hydrogen-bond acceptors (Lipinski definition) is 2. The fraction of sp³-hybridized carbons (Fsp3) is 0.524. The van der Waals surface area contributed by atoms with E-state index in [0.717, 1.165) is 31.0 Å². The zero-order valence-electron chi connectivity index (χ0n) is 14.8. The van der Waals surface area contributed by atoms with Crippen LogP contribution in [0.2, 0.25) is 0 Å². The molecule has 2 aliphatic rings. The monoisotopic (exact) mass is 340 g/mol. The third-order valence-corrected chi connectivity index (χ3v) is 5.51. The van der Waals surface area contributed by atoms with E-state index in [1.54, 1.807) is 6.08 Å². The fourth-order valence-corrected chi connectivity index (χ4v) is 4.07. The van der Waals surface area contributed by atoms with Crippen LogP contribution in [0.25, 0.3) is 6.08 Å². The highest BCUT2D eigenvalue weighted by Gasteiger charge is 2.32. The predicted molar refractivity (Wildman–Crippen MR) is 99.7 cm³/mol. The first-order valence-corrected chi connectivity index (χ1v) is 9.51. The van der Waals surface area contributed by atoms with E-state index in [-0.39, 0.29) is 11.8 Å². The van der Waals surface area contributed by atoms with Crippen LogP contribution in [0, 0.1) is 11.8 Å². The van der Waals surface area contributed by atoms with Gasteiger partial charge >= 0.3 is 0 Å². The topological polar surface area (TPSA) is 49.4 Å². The predicted octanol–water partition coefficient (Wildman–Crippen LogP) is 3.24. The van der Waals surface area contributed by atoms with Gasteiger partial charge in [-0.3, -0.25) is 9.59 Å². The molecule has 0 bridgehead atoms. The quantitative estimate of drug-likeness (QED) is 0.837. The van der Waals surface area contributed by atoms with Gasteiger partial charge in [-0.25, -0.2) is 0 Å². The Morgan fingerprint density at radius 3 is 2.64 bits per heavy atom. The van der Waals surface area contributed by atoms with Crippen molar-refractivity contribution >= 4 is 17.9 Å².